The lowest BCUT2D eigenvalue weighted by Crippen LogP contribution is -2.63. The van der Waals surface area contributed by atoms with Crippen LogP contribution >= 0.6 is 11.6 Å². The first kappa shape index (κ1) is 35.7. The Morgan fingerprint density at radius 3 is 2.50 bits per heavy atom. The number of carbonyl (C=O) groups is 3. The molecule has 1 aromatic rings. The molecule has 13 heteroatoms. The van der Waals surface area contributed by atoms with Gasteiger partial charge in [0, 0.05) is 33.6 Å². The van der Waals surface area contributed by atoms with Crippen molar-refractivity contribution in [1.82, 2.24) is 5.32 Å². The third kappa shape index (κ3) is 7.06. The second-order valence-corrected chi connectivity index (χ2v) is 13.0. The lowest BCUT2D eigenvalue weighted by Gasteiger charge is -2.42. The summed E-state index contributed by atoms with van der Waals surface area (Å²) in [4.78, 5) is 40.9. The van der Waals surface area contributed by atoms with Crippen molar-refractivity contribution in [2.45, 2.75) is 89.3 Å². The van der Waals surface area contributed by atoms with Crippen LogP contribution in [0.5, 0.6) is 5.75 Å². The zero-order chi connectivity index (χ0) is 34.1. The Labute approximate surface area is 274 Å². The number of anilines is 1. The molecular formula is C33H45ClN2O10. The number of halogens is 1. The van der Waals surface area contributed by atoms with Crippen LogP contribution in [0.1, 0.15) is 59.1 Å². The van der Waals surface area contributed by atoms with E-state index in [1.165, 1.54) is 19.1 Å². The molecule has 8 unspecified atom stereocenters. The molecule has 2 amide bonds. The topological polar surface area (TPSA) is 145 Å². The number of rotatable bonds is 5. The Morgan fingerprint density at radius 1 is 1.20 bits per heavy atom. The van der Waals surface area contributed by atoms with Gasteiger partial charge in [0.25, 0.3) is 0 Å². The fraction of sp³-hybridized carbons (Fsp3) is 0.606. The van der Waals surface area contributed by atoms with E-state index in [0.29, 0.717) is 17.0 Å². The Morgan fingerprint density at radius 2 is 1.89 bits per heavy atom. The molecule has 2 saturated heterocycles. The van der Waals surface area contributed by atoms with Crippen molar-refractivity contribution in [3.8, 4) is 5.75 Å². The van der Waals surface area contributed by atoms with E-state index in [1.54, 1.807) is 65.3 Å². The smallest absolute Gasteiger partial charge is 0.409 e. The molecule has 4 rings (SSSR count). The van der Waals surface area contributed by atoms with Crippen LogP contribution in [0.25, 0.3) is 0 Å². The minimum Gasteiger partial charge on any atom is -0.495 e. The van der Waals surface area contributed by atoms with Gasteiger partial charge < -0.3 is 38.4 Å². The van der Waals surface area contributed by atoms with Gasteiger partial charge in [0.2, 0.25) is 5.91 Å². The molecule has 3 aliphatic heterocycles. The number of ether oxygens (including phenoxy) is 6. The van der Waals surface area contributed by atoms with Gasteiger partial charge in [0.05, 0.1) is 31.2 Å². The summed E-state index contributed by atoms with van der Waals surface area (Å²) in [5.41, 5.74) is -1.09. The van der Waals surface area contributed by atoms with Gasteiger partial charge in [-0.3, -0.25) is 14.9 Å². The van der Waals surface area contributed by atoms with Gasteiger partial charge in [-0.1, -0.05) is 50.6 Å². The molecule has 3 aliphatic rings. The van der Waals surface area contributed by atoms with Crippen LogP contribution in [0.4, 0.5) is 10.5 Å². The first-order valence-electron chi connectivity index (χ1n) is 15.2. The Kier molecular flexibility index (Phi) is 10.8. The van der Waals surface area contributed by atoms with Gasteiger partial charge in [-0.05, 0) is 37.1 Å². The van der Waals surface area contributed by atoms with Crippen LogP contribution in [0.2, 0.25) is 5.02 Å². The minimum atomic E-state index is -1.81. The maximum atomic E-state index is 13.9. The molecule has 0 spiro atoms. The molecule has 1 aromatic carbocycles. The molecule has 0 saturated carbocycles. The average molecular weight is 665 g/mol. The van der Waals surface area contributed by atoms with Gasteiger partial charge in [-0.2, -0.15) is 0 Å². The third-order valence-corrected chi connectivity index (χ3v) is 9.47. The van der Waals surface area contributed by atoms with Crippen LogP contribution in [-0.4, -0.2) is 87.2 Å². The predicted molar refractivity (Wildman–Crippen MR) is 170 cm³/mol. The maximum Gasteiger partial charge on any atom is 0.409 e. The zero-order valence-corrected chi connectivity index (χ0v) is 28.5. The van der Waals surface area contributed by atoms with E-state index in [-0.39, 0.29) is 17.9 Å². The summed E-state index contributed by atoms with van der Waals surface area (Å²) in [5.74, 6) is -1.46. The highest BCUT2D eigenvalue weighted by molar-refractivity contribution is 6.35. The highest BCUT2D eigenvalue weighted by Crippen LogP contribution is 2.49. The highest BCUT2D eigenvalue weighted by Gasteiger charge is 2.64. The summed E-state index contributed by atoms with van der Waals surface area (Å²) in [6.45, 7) is 8.84. The van der Waals surface area contributed by atoms with Crippen molar-refractivity contribution >= 4 is 35.3 Å². The molecule has 254 valence electrons. The van der Waals surface area contributed by atoms with Gasteiger partial charge in [-0.15, -0.1) is 0 Å². The lowest BCUT2D eigenvalue weighted by atomic mass is 9.83. The summed E-state index contributed by atoms with van der Waals surface area (Å²) < 4.78 is 34.7. The molecule has 0 radical (unpaired) electrons. The number of nitrogens with one attached hydrogen (secondary N) is 1. The summed E-state index contributed by atoms with van der Waals surface area (Å²) in [6.07, 6.45) is 0.210. The normalized spacial score (nSPS) is 35.3. The molecule has 0 aliphatic carbocycles. The number of amides is 2. The molecule has 3 heterocycles. The van der Waals surface area contributed by atoms with Crippen molar-refractivity contribution in [3.63, 3.8) is 0 Å². The highest BCUT2D eigenvalue weighted by atomic mass is 35.5. The number of aliphatic hydroxyl groups is 1. The summed E-state index contributed by atoms with van der Waals surface area (Å²) in [7, 11) is 6.05. The van der Waals surface area contributed by atoms with E-state index in [4.69, 9.17) is 40.0 Å². The fourth-order valence-electron chi connectivity index (χ4n) is 6.18. The van der Waals surface area contributed by atoms with Crippen molar-refractivity contribution in [2.75, 3.05) is 33.3 Å². The molecule has 2 N–H and O–H groups in total. The average Bonchev–Trinajstić information content (AvgIpc) is 3.70. The predicted octanol–water partition coefficient (Wildman–Crippen LogP) is 4.47. The third-order valence-electron chi connectivity index (χ3n) is 9.09. The second kappa shape index (κ2) is 13.9. The van der Waals surface area contributed by atoms with Crippen LogP contribution in [0, 0.1) is 11.8 Å². The van der Waals surface area contributed by atoms with Crippen LogP contribution in [0.15, 0.2) is 35.9 Å². The summed E-state index contributed by atoms with van der Waals surface area (Å²) in [5, 5.41) is 14.4. The van der Waals surface area contributed by atoms with Gasteiger partial charge >= 0.3 is 12.1 Å². The van der Waals surface area contributed by atoms with Crippen molar-refractivity contribution in [2.24, 2.45) is 11.8 Å². The van der Waals surface area contributed by atoms with E-state index in [1.807, 2.05) is 13.8 Å². The number of alkyl carbamates (subject to hydrolysis) is 1. The number of fused-ring (bicyclic) bond motifs is 5. The first-order valence-corrected chi connectivity index (χ1v) is 15.6. The van der Waals surface area contributed by atoms with E-state index in [9.17, 15) is 19.5 Å². The molecular weight excluding hydrogens is 620 g/mol. The number of methoxy groups -OCH3 is 3. The first-order chi connectivity index (χ1) is 21.6. The van der Waals surface area contributed by atoms with E-state index in [0.717, 1.165) is 5.57 Å². The van der Waals surface area contributed by atoms with Crippen LogP contribution in [0.3, 0.4) is 0 Å². The van der Waals surface area contributed by atoms with Gasteiger partial charge in [0.15, 0.2) is 5.72 Å². The standard InChI is InChI=1S/C33H45ClN2O10/c1-17(2)30(38)45-25-15-26(37)36(6)21-13-20(14-22(41-7)27(21)34)28(43-9)18(3)11-10-12-24(42-8)33(40)16-23(44-31(39)35-33)19(4)29-32(25,5)46-29/h10-14,17,19,23-25,28-29,40H,15-16H2,1-9H3,(H,35,39)/b12-10+,18-11+. The lowest BCUT2D eigenvalue weighted by molar-refractivity contribution is -0.157. The number of esters is 1. The molecule has 4 bridgehead atoms. The molecule has 0 aromatic heterocycles. The Hall–Kier alpha value is -3.16. The quantitative estimate of drug-likeness (QED) is 0.342. The van der Waals surface area contributed by atoms with Crippen molar-refractivity contribution in [1.29, 1.82) is 0 Å². The molecule has 8 atom stereocenters. The summed E-state index contributed by atoms with van der Waals surface area (Å²) >= 11 is 6.73. The molecule has 46 heavy (non-hydrogen) atoms. The SMILES string of the molecule is COc1cc2cc(c1Cl)N(C)C(=O)CC(OC(=O)C(C)C)C1(C)OC1C(C)C1CC(O)(NC(=O)O1)C(OC)/C=C/C=C(\C)C2OC. The van der Waals surface area contributed by atoms with Gasteiger partial charge in [0.1, 0.15) is 40.8 Å². The van der Waals surface area contributed by atoms with E-state index in [2.05, 4.69) is 5.32 Å². The zero-order valence-electron chi connectivity index (χ0n) is 27.8. The van der Waals surface area contributed by atoms with Crippen molar-refractivity contribution in [3.05, 3.63) is 46.5 Å². The number of carbonyl (C=O) groups excluding carboxylic acids is 3. The minimum absolute atomic E-state index is 0.0235. The number of epoxide rings is 1. The summed E-state index contributed by atoms with van der Waals surface area (Å²) in [6, 6.07) is 3.48. The molecule has 2 fully saturated rings. The Bertz CT molecular complexity index is 1400. The Balaban J connectivity index is 1.85. The van der Waals surface area contributed by atoms with E-state index >= 15 is 0 Å². The second-order valence-electron chi connectivity index (χ2n) is 12.6. The van der Waals surface area contributed by atoms with Crippen LogP contribution in [-0.2, 0) is 33.3 Å². The number of benzene rings is 1. The number of allylic oxidation sites excluding steroid dienone is 2. The van der Waals surface area contributed by atoms with E-state index < -0.39 is 71.7 Å². The number of hydrogen-bond donors (Lipinski definition) is 2. The number of hydrogen-bond acceptors (Lipinski definition) is 10. The largest absolute Gasteiger partial charge is 0.495 e. The number of nitrogens with zero attached hydrogens (tertiary/aromatic N) is 1. The van der Waals surface area contributed by atoms with Crippen molar-refractivity contribution < 1.29 is 47.9 Å². The maximum absolute atomic E-state index is 13.9. The fourth-order valence-corrected chi connectivity index (χ4v) is 6.49. The van der Waals surface area contributed by atoms with Crippen LogP contribution < -0.4 is 15.0 Å². The monoisotopic (exact) mass is 664 g/mol. The molecule has 12 nitrogen and oxygen atoms in total. The van der Waals surface area contributed by atoms with Gasteiger partial charge in [-0.25, -0.2) is 4.79 Å².